The van der Waals surface area contributed by atoms with E-state index < -0.39 is 11.8 Å². The lowest BCUT2D eigenvalue weighted by Gasteiger charge is -2.10. The monoisotopic (exact) mass is 443 g/mol. The van der Waals surface area contributed by atoms with E-state index in [4.69, 9.17) is 4.74 Å². The van der Waals surface area contributed by atoms with Gasteiger partial charge in [-0.25, -0.2) is 5.43 Å². The quantitative estimate of drug-likeness (QED) is 0.263. The summed E-state index contributed by atoms with van der Waals surface area (Å²) in [7, 11) is 0. The maximum Gasteiger partial charge on any atom is 0.287 e. The molecule has 3 rings (SSSR count). The van der Waals surface area contributed by atoms with Crippen LogP contribution in [0.1, 0.15) is 34.8 Å². The van der Waals surface area contributed by atoms with E-state index >= 15 is 0 Å². The van der Waals surface area contributed by atoms with Gasteiger partial charge in [0.25, 0.3) is 11.8 Å². The number of carbonyl (C=O) groups is 2. The van der Waals surface area contributed by atoms with Crippen LogP contribution in [0.15, 0.2) is 89.7 Å². The molecule has 7 heteroatoms. The number of aromatic hydroxyl groups is 1. The summed E-state index contributed by atoms with van der Waals surface area (Å²) >= 11 is 0. The summed E-state index contributed by atoms with van der Waals surface area (Å²) in [6, 6.07) is 22.2. The lowest BCUT2D eigenvalue weighted by Crippen LogP contribution is -2.32. The summed E-state index contributed by atoms with van der Waals surface area (Å²) in [5, 5.41) is 16.0. The van der Waals surface area contributed by atoms with E-state index in [0.717, 1.165) is 12.2 Å². The Bertz CT molecular complexity index is 1120. The highest BCUT2D eigenvalue weighted by Gasteiger charge is 2.14. The van der Waals surface area contributed by atoms with Crippen molar-refractivity contribution < 1.29 is 19.4 Å². The molecule has 0 aromatic heterocycles. The van der Waals surface area contributed by atoms with Gasteiger partial charge in [-0.05, 0) is 72.2 Å². The van der Waals surface area contributed by atoms with Gasteiger partial charge < -0.3 is 15.2 Å². The molecule has 0 fully saturated rings. The van der Waals surface area contributed by atoms with Crippen LogP contribution >= 0.6 is 0 Å². The Hall–Kier alpha value is -4.39. The second-order valence-corrected chi connectivity index (χ2v) is 7.09. The van der Waals surface area contributed by atoms with Crippen LogP contribution in [-0.4, -0.2) is 29.7 Å². The molecule has 0 aliphatic heterocycles. The third-order valence-corrected chi connectivity index (χ3v) is 4.47. The van der Waals surface area contributed by atoms with Crippen molar-refractivity contribution >= 4 is 24.1 Å². The van der Waals surface area contributed by atoms with Crippen LogP contribution in [0.2, 0.25) is 0 Å². The van der Waals surface area contributed by atoms with Crippen LogP contribution in [0.4, 0.5) is 0 Å². The van der Waals surface area contributed by atoms with Gasteiger partial charge in [-0.3, -0.25) is 9.59 Å². The Balaban J connectivity index is 1.77. The summed E-state index contributed by atoms with van der Waals surface area (Å²) in [5.74, 6) is -0.133. The zero-order valence-electron chi connectivity index (χ0n) is 18.2. The molecule has 7 nitrogen and oxygen atoms in total. The number of hydrazone groups is 1. The molecule has 33 heavy (non-hydrogen) atoms. The number of nitrogens with one attached hydrogen (secondary N) is 2. The van der Waals surface area contributed by atoms with Gasteiger partial charge >= 0.3 is 0 Å². The Morgan fingerprint density at radius 3 is 2.27 bits per heavy atom. The second kappa shape index (κ2) is 11.9. The Morgan fingerprint density at radius 1 is 0.939 bits per heavy atom. The average molecular weight is 444 g/mol. The van der Waals surface area contributed by atoms with Gasteiger partial charge in [0.05, 0.1) is 12.8 Å². The molecule has 0 unspecified atom stereocenters. The van der Waals surface area contributed by atoms with Crippen molar-refractivity contribution in [2.75, 3.05) is 6.61 Å². The number of phenolic OH excluding ortho intramolecular Hbond substituents is 1. The van der Waals surface area contributed by atoms with Crippen molar-refractivity contribution in [3.63, 3.8) is 0 Å². The van der Waals surface area contributed by atoms with Crippen molar-refractivity contribution in [2.45, 2.75) is 13.3 Å². The van der Waals surface area contributed by atoms with Crippen molar-refractivity contribution in [2.24, 2.45) is 5.10 Å². The summed E-state index contributed by atoms with van der Waals surface area (Å²) < 4.78 is 5.58. The molecule has 0 spiro atoms. The smallest absolute Gasteiger partial charge is 0.287 e. The highest BCUT2D eigenvalue weighted by Crippen LogP contribution is 2.15. The van der Waals surface area contributed by atoms with Gasteiger partial charge in [0, 0.05) is 5.56 Å². The van der Waals surface area contributed by atoms with E-state index in [2.05, 4.69) is 15.8 Å². The number of nitrogens with zero attached hydrogens (tertiary/aromatic N) is 1. The van der Waals surface area contributed by atoms with E-state index in [-0.39, 0.29) is 11.4 Å². The predicted molar refractivity (Wildman–Crippen MR) is 128 cm³/mol. The zero-order chi connectivity index (χ0) is 23.5. The van der Waals surface area contributed by atoms with Gasteiger partial charge in [-0.1, -0.05) is 37.3 Å². The van der Waals surface area contributed by atoms with Crippen LogP contribution < -0.4 is 15.5 Å². The normalized spacial score (nSPS) is 11.2. The molecule has 2 amide bonds. The summed E-state index contributed by atoms with van der Waals surface area (Å²) in [4.78, 5) is 25.4. The minimum atomic E-state index is -0.583. The van der Waals surface area contributed by atoms with Crippen molar-refractivity contribution in [3.05, 3.63) is 101 Å². The van der Waals surface area contributed by atoms with E-state index in [9.17, 15) is 14.7 Å². The standard InChI is InChI=1S/C26H25N3O4/c1-2-16-33-23-14-10-19(11-15-23)17-24(28-25(31)21-6-4-3-5-7-21)26(32)29-27-18-20-8-12-22(30)13-9-20/h3-15,17-18,30H,2,16H2,1H3,(H,28,31)(H,29,32)/b24-17?,27-18+. The maximum absolute atomic E-state index is 12.8. The molecule has 3 aromatic carbocycles. The number of ether oxygens (including phenoxy) is 1. The van der Waals surface area contributed by atoms with Crippen molar-refractivity contribution in [1.82, 2.24) is 10.7 Å². The molecule has 0 heterocycles. The highest BCUT2D eigenvalue weighted by atomic mass is 16.5. The first-order valence-corrected chi connectivity index (χ1v) is 10.5. The average Bonchev–Trinajstić information content (AvgIpc) is 2.84. The van der Waals surface area contributed by atoms with Crippen LogP contribution in [0.5, 0.6) is 11.5 Å². The largest absolute Gasteiger partial charge is 0.508 e. The minimum absolute atomic E-state index is 0.0361. The van der Waals surface area contributed by atoms with Crippen LogP contribution in [0, 0.1) is 0 Å². The molecule has 168 valence electrons. The van der Waals surface area contributed by atoms with E-state index in [1.807, 2.05) is 6.92 Å². The SMILES string of the molecule is CCCOc1ccc(C=C(NC(=O)c2ccccc2)C(=O)N/N=C/c2ccc(O)cc2)cc1. The number of amides is 2. The highest BCUT2D eigenvalue weighted by molar-refractivity contribution is 6.05. The van der Waals surface area contributed by atoms with Gasteiger partial charge in [0.15, 0.2) is 0 Å². The van der Waals surface area contributed by atoms with E-state index in [1.54, 1.807) is 72.8 Å². The van der Waals surface area contributed by atoms with Gasteiger partial charge in [-0.15, -0.1) is 0 Å². The molecular weight excluding hydrogens is 418 g/mol. The fourth-order valence-corrected chi connectivity index (χ4v) is 2.78. The molecule has 0 saturated carbocycles. The first kappa shape index (κ1) is 23.3. The third kappa shape index (κ3) is 7.36. The number of benzene rings is 3. The minimum Gasteiger partial charge on any atom is -0.508 e. The number of carbonyl (C=O) groups excluding carboxylic acids is 2. The van der Waals surface area contributed by atoms with Gasteiger partial charge in [0.2, 0.25) is 0 Å². The molecule has 3 N–H and O–H groups in total. The second-order valence-electron chi connectivity index (χ2n) is 7.09. The van der Waals surface area contributed by atoms with Gasteiger partial charge in [-0.2, -0.15) is 5.10 Å². The first-order valence-electron chi connectivity index (χ1n) is 10.5. The third-order valence-electron chi connectivity index (χ3n) is 4.47. The Morgan fingerprint density at radius 2 is 1.61 bits per heavy atom. The lowest BCUT2D eigenvalue weighted by atomic mass is 10.1. The molecule has 0 radical (unpaired) electrons. The van der Waals surface area contributed by atoms with Gasteiger partial charge in [0.1, 0.15) is 17.2 Å². The maximum atomic E-state index is 12.8. The molecular formula is C26H25N3O4. The first-order chi connectivity index (χ1) is 16.0. The number of hydrogen-bond acceptors (Lipinski definition) is 5. The van der Waals surface area contributed by atoms with E-state index in [0.29, 0.717) is 23.3 Å². The van der Waals surface area contributed by atoms with Crippen LogP contribution in [0.3, 0.4) is 0 Å². The van der Waals surface area contributed by atoms with Crippen molar-refractivity contribution in [1.29, 1.82) is 0 Å². The summed E-state index contributed by atoms with van der Waals surface area (Å²) in [6.45, 7) is 2.65. The van der Waals surface area contributed by atoms with E-state index in [1.165, 1.54) is 18.3 Å². The van der Waals surface area contributed by atoms with Crippen molar-refractivity contribution in [3.8, 4) is 11.5 Å². The number of phenols is 1. The number of rotatable bonds is 9. The topological polar surface area (TPSA) is 100 Å². The molecule has 0 aliphatic carbocycles. The molecule has 0 atom stereocenters. The fraction of sp³-hybridized carbons (Fsp3) is 0.115. The predicted octanol–water partition coefficient (Wildman–Crippen LogP) is 4.10. The Kier molecular flexibility index (Phi) is 8.36. The number of hydrogen-bond donors (Lipinski definition) is 3. The molecule has 0 saturated heterocycles. The Labute approximate surface area is 192 Å². The molecule has 3 aromatic rings. The fourth-order valence-electron chi connectivity index (χ4n) is 2.78. The van der Waals surface area contributed by atoms with Crippen LogP contribution in [-0.2, 0) is 4.79 Å². The van der Waals surface area contributed by atoms with Crippen LogP contribution in [0.25, 0.3) is 6.08 Å². The molecule has 0 bridgehead atoms. The zero-order valence-corrected chi connectivity index (χ0v) is 18.2. The lowest BCUT2D eigenvalue weighted by molar-refractivity contribution is -0.117. The summed E-state index contributed by atoms with van der Waals surface area (Å²) in [6.07, 6.45) is 3.91. The molecule has 0 aliphatic rings. The summed E-state index contributed by atoms with van der Waals surface area (Å²) in [5.41, 5.74) is 4.28.